The van der Waals surface area contributed by atoms with E-state index >= 15 is 0 Å². The number of rotatable bonds is 3. The number of nitrogens with zero attached hydrogens (tertiary/aromatic N) is 8. The Morgan fingerprint density at radius 2 is 1.79 bits per heavy atom. The summed E-state index contributed by atoms with van der Waals surface area (Å²) in [6, 6.07) is 4.58. The van der Waals surface area contributed by atoms with Gasteiger partial charge in [-0.3, -0.25) is 0 Å². The van der Waals surface area contributed by atoms with Crippen molar-refractivity contribution in [2.75, 3.05) is 29.9 Å². The minimum Gasteiger partial charge on any atom is -0.351 e. The minimum absolute atomic E-state index is 0.0148. The van der Waals surface area contributed by atoms with Crippen LogP contribution < -0.4 is 9.80 Å². The molecule has 0 aromatic carbocycles. The summed E-state index contributed by atoms with van der Waals surface area (Å²) in [5.41, 5.74) is -0.478. The predicted molar refractivity (Wildman–Crippen MR) is 101 cm³/mol. The van der Waals surface area contributed by atoms with Crippen LogP contribution in [0.4, 0.5) is 24.9 Å². The molecule has 0 N–H and O–H groups in total. The van der Waals surface area contributed by atoms with E-state index in [0.717, 1.165) is 23.9 Å². The van der Waals surface area contributed by atoms with Gasteiger partial charge < -0.3 is 9.80 Å². The summed E-state index contributed by atoms with van der Waals surface area (Å²) in [4.78, 5) is 11.4. The summed E-state index contributed by atoms with van der Waals surface area (Å²) in [5, 5.41) is 13.0. The van der Waals surface area contributed by atoms with Crippen LogP contribution in [0.1, 0.15) is 32.3 Å². The summed E-state index contributed by atoms with van der Waals surface area (Å²) < 4.78 is 40.4. The third kappa shape index (κ3) is 3.56. The van der Waals surface area contributed by atoms with Gasteiger partial charge in [-0.25, -0.2) is 9.97 Å². The van der Waals surface area contributed by atoms with Crippen LogP contribution in [-0.4, -0.2) is 56.0 Å². The highest BCUT2D eigenvalue weighted by Crippen LogP contribution is 2.29. The van der Waals surface area contributed by atoms with Crippen molar-refractivity contribution in [2.24, 2.45) is 0 Å². The number of likely N-dealkylation sites (N-methyl/N-ethyl adjacent to an activating group) is 1. The molecule has 0 spiro atoms. The molecule has 11 heteroatoms. The maximum atomic E-state index is 12.9. The van der Waals surface area contributed by atoms with Gasteiger partial charge in [0, 0.05) is 31.7 Å². The molecule has 0 unspecified atom stereocenters. The van der Waals surface area contributed by atoms with Crippen LogP contribution in [0.25, 0.3) is 5.65 Å². The molecule has 4 rings (SSSR count). The first kappa shape index (κ1) is 19.3. The Labute approximate surface area is 165 Å². The molecule has 1 saturated heterocycles. The fourth-order valence-corrected chi connectivity index (χ4v) is 3.14. The lowest BCUT2D eigenvalue weighted by Crippen LogP contribution is -2.59. The highest BCUT2D eigenvalue weighted by atomic mass is 19.4. The van der Waals surface area contributed by atoms with Crippen LogP contribution in [0.5, 0.6) is 0 Å². The quantitative estimate of drug-likeness (QED) is 0.662. The van der Waals surface area contributed by atoms with E-state index in [0.29, 0.717) is 18.7 Å². The zero-order chi connectivity index (χ0) is 21.0. The smallest absolute Gasteiger partial charge is 0.351 e. The van der Waals surface area contributed by atoms with Gasteiger partial charge in [-0.2, -0.15) is 17.7 Å². The van der Waals surface area contributed by atoms with E-state index in [9.17, 15) is 13.2 Å². The Bertz CT molecular complexity index is 1030. The number of hydrogen-bond donors (Lipinski definition) is 0. The summed E-state index contributed by atoms with van der Waals surface area (Å²) >= 11 is 0. The summed E-state index contributed by atoms with van der Waals surface area (Å²) in [6.07, 6.45) is -3.36. The van der Waals surface area contributed by atoms with Crippen LogP contribution >= 0.6 is 0 Å². The van der Waals surface area contributed by atoms with Gasteiger partial charge in [0.1, 0.15) is 11.5 Å². The number of hydrogen-bond acceptors (Lipinski definition) is 7. The Kier molecular flexibility index (Phi) is 4.35. The third-order valence-corrected chi connectivity index (χ3v) is 4.90. The fourth-order valence-electron chi connectivity index (χ4n) is 3.14. The highest BCUT2D eigenvalue weighted by Gasteiger charge is 2.36. The first-order valence-corrected chi connectivity index (χ1v) is 9.15. The zero-order valence-electron chi connectivity index (χ0n) is 16.5. The minimum atomic E-state index is -4.49. The Morgan fingerprint density at radius 1 is 1.07 bits per heavy atom. The molecule has 1 aliphatic rings. The van der Waals surface area contributed by atoms with Crippen LogP contribution in [-0.2, 0) is 11.6 Å². The molecule has 0 aliphatic carbocycles. The molecular weight excluding hydrogens is 385 g/mol. The molecule has 29 heavy (non-hydrogen) atoms. The molecule has 0 radical (unpaired) electrons. The molecule has 0 atom stereocenters. The highest BCUT2D eigenvalue weighted by molar-refractivity contribution is 5.50. The lowest BCUT2D eigenvalue weighted by atomic mass is 9.96. The molecule has 0 saturated carbocycles. The number of anilines is 2. The SMILES string of the molecule is CN(c1nccc(C(F)(F)F)n1)C1CN(c2ccc3nnc(C(C)(C)C)n3n2)C1. The van der Waals surface area contributed by atoms with Gasteiger partial charge >= 0.3 is 6.18 Å². The third-order valence-electron chi connectivity index (χ3n) is 4.90. The molecule has 154 valence electrons. The van der Waals surface area contributed by atoms with Crippen LogP contribution in [0.2, 0.25) is 0 Å². The molecule has 8 nitrogen and oxygen atoms in total. The summed E-state index contributed by atoms with van der Waals surface area (Å²) in [5.74, 6) is 1.58. The normalized spacial score (nSPS) is 15.6. The number of aromatic nitrogens is 6. The molecule has 1 aliphatic heterocycles. The summed E-state index contributed by atoms with van der Waals surface area (Å²) in [7, 11) is 1.70. The lowest BCUT2D eigenvalue weighted by Gasteiger charge is -2.44. The molecular formula is C18H21F3N8. The van der Waals surface area contributed by atoms with Gasteiger partial charge in [0.25, 0.3) is 0 Å². The second-order valence-corrected chi connectivity index (χ2v) is 8.14. The van der Waals surface area contributed by atoms with Crippen molar-refractivity contribution < 1.29 is 13.2 Å². The monoisotopic (exact) mass is 406 g/mol. The van der Waals surface area contributed by atoms with Crippen LogP contribution in [0.3, 0.4) is 0 Å². The first-order chi connectivity index (χ1) is 13.5. The number of halogens is 3. The van der Waals surface area contributed by atoms with Gasteiger partial charge in [0.15, 0.2) is 11.5 Å². The number of fused-ring (bicyclic) bond motifs is 1. The van der Waals surface area contributed by atoms with Gasteiger partial charge in [-0.15, -0.1) is 15.3 Å². The van der Waals surface area contributed by atoms with Crippen molar-refractivity contribution in [1.82, 2.24) is 29.8 Å². The fraction of sp³-hybridized carbons (Fsp3) is 0.500. The van der Waals surface area contributed by atoms with E-state index in [1.54, 1.807) is 16.5 Å². The maximum absolute atomic E-state index is 12.9. The van der Waals surface area contributed by atoms with E-state index < -0.39 is 11.9 Å². The zero-order valence-corrected chi connectivity index (χ0v) is 16.5. The van der Waals surface area contributed by atoms with Crippen molar-refractivity contribution in [3.8, 4) is 0 Å². The molecule has 0 bridgehead atoms. The maximum Gasteiger partial charge on any atom is 0.433 e. The van der Waals surface area contributed by atoms with Gasteiger partial charge in [0.05, 0.1) is 6.04 Å². The second kappa shape index (κ2) is 6.53. The van der Waals surface area contributed by atoms with Crippen molar-refractivity contribution >= 4 is 17.4 Å². The Balaban J connectivity index is 1.50. The summed E-state index contributed by atoms with van der Waals surface area (Å²) in [6.45, 7) is 7.33. The predicted octanol–water partition coefficient (Wildman–Crippen LogP) is 2.56. The second-order valence-electron chi connectivity index (χ2n) is 8.14. The molecule has 0 amide bonds. The molecule has 1 fully saturated rings. The van der Waals surface area contributed by atoms with Gasteiger partial charge in [0.2, 0.25) is 5.95 Å². The van der Waals surface area contributed by atoms with E-state index in [-0.39, 0.29) is 17.4 Å². The van der Waals surface area contributed by atoms with E-state index in [2.05, 4.69) is 25.3 Å². The average Bonchev–Trinajstić information content (AvgIpc) is 3.03. The lowest BCUT2D eigenvalue weighted by molar-refractivity contribution is -0.141. The van der Waals surface area contributed by atoms with Gasteiger partial charge in [-0.1, -0.05) is 20.8 Å². The average molecular weight is 406 g/mol. The molecule has 3 aromatic rings. The van der Waals surface area contributed by atoms with Crippen molar-refractivity contribution in [1.29, 1.82) is 0 Å². The van der Waals surface area contributed by atoms with E-state index in [4.69, 9.17) is 0 Å². The Morgan fingerprint density at radius 3 is 2.45 bits per heavy atom. The standard InChI is InChI=1S/C18H21F3N8/c1-17(2,3)15-25-24-13-5-6-14(26-29(13)15)28-9-11(10-28)27(4)16-22-8-7-12(23-16)18(19,20)21/h5-8,11H,9-10H2,1-4H3. The number of alkyl halides is 3. The van der Waals surface area contributed by atoms with Crippen LogP contribution in [0.15, 0.2) is 24.4 Å². The first-order valence-electron chi connectivity index (χ1n) is 9.15. The molecule has 4 heterocycles. The van der Waals surface area contributed by atoms with Gasteiger partial charge in [-0.05, 0) is 18.2 Å². The largest absolute Gasteiger partial charge is 0.433 e. The molecule has 3 aromatic heterocycles. The van der Waals surface area contributed by atoms with E-state index in [1.807, 2.05) is 37.8 Å². The topological polar surface area (TPSA) is 75.3 Å². The van der Waals surface area contributed by atoms with Crippen LogP contribution in [0, 0.1) is 0 Å². The van der Waals surface area contributed by atoms with E-state index in [1.165, 1.54) is 0 Å². The van der Waals surface area contributed by atoms with Crippen molar-refractivity contribution in [3.63, 3.8) is 0 Å². The van der Waals surface area contributed by atoms with Crippen molar-refractivity contribution in [2.45, 2.75) is 38.4 Å². The van der Waals surface area contributed by atoms with Crippen molar-refractivity contribution in [3.05, 3.63) is 35.9 Å². The Hall–Kier alpha value is -2.98.